The van der Waals surface area contributed by atoms with Gasteiger partial charge in [-0.15, -0.1) is 0 Å². The number of hydrogen-bond acceptors (Lipinski definition) is 3. The van der Waals surface area contributed by atoms with Gasteiger partial charge in [0.1, 0.15) is 0 Å². The van der Waals surface area contributed by atoms with E-state index in [9.17, 15) is 0 Å². The van der Waals surface area contributed by atoms with Gasteiger partial charge in [-0.3, -0.25) is 0 Å². The van der Waals surface area contributed by atoms with Gasteiger partial charge in [0.15, 0.2) is 0 Å². The SMILES string of the molecule is CN(CCCN)C1CCSC1. The quantitative estimate of drug-likeness (QED) is 0.683. The molecule has 0 amide bonds. The zero-order chi connectivity index (χ0) is 8.10. The van der Waals surface area contributed by atoms with Crippen LogP contribution < -0.4 is 5.73 Å². The molecule has 1 unspecified atom stereocenters. The van der Waals surface area contributed by atoms with Gasteiger partial charge in [-0.25, -0.2) is 0 Å². The highest BCUT2D eigenvalue weighted by Gasteiger charge is 2.18. The molecule has 0 aromatic heterocycles. The van der Waals surface area contributed by atoms with E-state index in [0.29, 0.717) is 0 Å². The van der Waals surface area contributed by atoms with Crippen molar-refractivity contribution in [3.63, 3.8) is 0 Å². The van der Waals surface area contributed by atoms with Crippen molar-refractivity contribution in [3.05, 3.63) is 0 Å². The fraction of sp³-hybridized carbons (Fsp3) is 1.00. The van der Waals surface area contributed by atoms with Crippen LogP contribution in [0, 0.1) is 0 Å². The first-order chi connectivity index (χ1) is 5.34. The van der Waals surface area contributed by atoms with Crippen LogP contribution in [0.1, 0.15) is 12.8 Å². The minimum Gasteiger partial charge on any atom is -0.330 e. The normalized spacial score (nSPS) is 24.8. The topological polar surface area (TPSA) is 29.3 Å². The number of nitrogens with zero attached hydrogens (tertiary/aromatic N) is 1. The standard InChI is InChI=1S/C8H18N2S/c1-10(5-2-4-9)8-3-6-11-7-8/h8H,2-7,9H2,1H3. The van der Waals surface area contributed by atoms with Crippen LogP contribution in [0.3, 0.4) is 0 Å². The first-order valence-corrected chi connectivity index (χ1v) is 5.48. The van der Waals surface area contributed by atoms with Crippen LogP contribution >= 0.6 is 11.8 Å². The summed E-state index contributed by atoms with van der Waals surface area (Å²) in [6.07, 6.45) is 2.50. The minimum absolute atomic E-state index is 0.824. The third-order valence-corrected chi connectivity index (χ3v) is 3.39. The lowest BCUT2D eigenvalue weighted by atomic mass is 10.2. The van der Waals surface area contributed by atoms with E-state index in [2.05, 4.69) is 23.7 Å². The van der Waals surface area contributed by atoms with Crippen molar-refractivity contribution in [2.45, 2.75) is 18.9 Å². The van der Waals surface area contributed by atoms with E-state index in [4.69, 9.17) is 5.73 Å². The lowest BCUT2D eigenvalue weighted by molar-refractivity contribution is 0.261. The van der Waals surface area contributed by atoms with Crippen molar-refractivity contribution < 1.29 is 0 Å². The maximum Gasteiger partial charge on any atom is 0.0191 e. The summed E-state index contributed by atoms with van der Waals surface area (Å²) in [6.45, 7) is 1.99. The van der Waals surface area contributed by atoms with Gasteiger partial charge in [0, 0.05) is 11.8 Å². The summed E-state index contributed by atoms with van der Waals surface area (Å²) >= 11 is 2.07. The first-order valence-electron chi connectivity index (χ1n) is 4.32. The molecule has 1 fully saturated rings. The Kier molecular flexibility index (Phi) is 4.26. The third kappa shape index (κ3) is 3.01. The minimum atomic E-state index is 0.824. The fourth-order valence-corrected chi connectivity index (χ4v) is 2.69. The van der Waals surface area contributed by atoms with E-state index in [1.165, 1.54) is 24.5 Å². The van der Waals surface area contributed by atoms with Gasteiger partial charge in [-0.1, -0.05) is 0 Å². The van der Waals surface area contributed by atoms with Gasteiger partial charge in [-0.05, 0) is 38.7 Å². The van der Waals surface area contributed by atoms with E-state index in [-0.39, 0.29) is 0 Å². The second kappa shape index (κ2) is 5.01. The molecule has 1 heterocycles. The molecule has 0 aromatic rings. The maximum absolute atomic E-state index is 5.44. The van der Waals surface area contributed by atoms with Crippen LogP contribution in [0.2, 0.25) is 0 Å². The predicted molar refractivity (Wildman–Crippen MR) is 52.0 cm³/mol. The average molecular weight is 174 g/mol. The number of nitrogens with two attached hydrogens (primary N) is 1. The maximum atomic E-state index is 5.44. The van der Waals surface area contributed by atoms with Gasteiger partial charge >= 0.3 is 0 Å². The zero-order valence-electron chi connectivity index (χ0n) is 7.25. The Morgan fingerprint density at radius 2 is 2.45 bits per heavy atom. The summed E-state index contributed by atoms with van der Waals surface area (Å²) in [6, 6.07) is 0.826. The second-order valence-electron chi connectivity index (χ2n) is 3.14. The summed E-state index contributed by atoms with van der Waals surface area (Å²) in [5.41, 5.74) is 5.44. The molecule has 1 aliphatic heterocycles. The summed E-state index contributed by atoms with van der Waals surface area (Å²) in [4.78, 5) is 2.45. The van der Waals surface area contributed by atoms with Crippen molar-refractivity contribution in [2.24, 2.45) is 5.73 Å². The van der Waals surface area contributed by atoms with Crippen molar-refractivity contribution in [2.75, 3.05) is 31.6 Å². The molecular formula is C8H18N2S. The van der Waals surface area contributed by atoms with Gasteiger partial charge in [0.2, 0.25) is 0 Å². The molecular weight excluding hydrogens is 156 g/mol. The Morgan fingerprint density at radius 1 is 1.64 bits per heavy atom. The molecule has 1 atom stereocenters. The molecule has 11 heavy (non-hydrogen) atoms. The molecule has 2 N–H and O–H groups in total. The van der Waals surface area contributed by atoms with E-state index < -0.39 is 0 Å². The largest absolute Gasteiger partial charge is 0.330 e. The van der Waals surface area contributed by atoms with E-state index >= 15 is 0 Å². The Hall–Kier alpha value is 0.270. The van der Waals surface area contributed by atoms with Crippen LogP contribution in [-0.4, -0.2) is 42.6 Å². The number of hydrogen-bond donors (Lipinski definition) is 1. The van der Waals surface area contributed by atoms with Crippen LogP contribution in [-0.2, 0) is 0 Å². The number of rotatable bonds is 4. The van der Waals surface area contributed by atoms with Crippen molar-refractivity contribution >= 4 is 11.8 Å². The van der Waals surface area contributed by atoms with Crippen LogP contribution in [0.15, 0.2) is 0 Å². The lowest BCUT2D eigenvalue weighted by Gasteiger charge is -2.22. The van der Waals surface area contributed by atoms with E-state index in [1.54, 1.807) is 0 Å². The molecule has 0 saturated carbocycles. The molecule has 1 saturated heterocycles. The summed E-state index contributed by atoms with van der Waals surface area (Å²) in [5, 5.41) is 0. The van der Waals surface area contributed by atoms with E-state index in [0.717, 1.165) is 19.0 Å². The van der Waals surface area contributed by atoms with Crippen LogP contribution in [0.5, 0.6) is 0 Å². The van der Waals surface area contributed by atoms with Crippen LogP contribution in [0.25, 0.3) is 0 Å². The van der Waals surface area contributed by atoms with Crippen molar-refractivity contribution in [1.29, 1.82) is 0 Å². The van der Waals surface area contributed by atoms with Gasteiger partial charge in [0.25, 0.3) is 0 Å². The molecule has 0 aliphatic carbocycles. The molecule has 3 heteroatoms. The molecule has 66 valence electrons. The molecule has 0 aromatic carbocycles. The first kappa shape index (κ1) is 9.36. The predicted octanol–water partition coefficient (Wildman–Crippen LogP) is 0.773. The van der Waals surface area contributed by atoms with Crippen molar-refractivity contribution in [1.82, 2.24) is 4.90 Å². The Balaban J connectivity index is 2.12. The molecule has 1 rings (SSSR count). The smallest absolute Gasteiger partial charge is 0.0191 e. The second-order valence-corrected chi connectivity index (χ2v) is 4.29. The zero-order valence-corrected chi connectivity index (χ0v) is 8.07. The highest BCUT2D eigenvalue weighted by molar-refractivity contribution is 7.99. The van der Waals surface area contributed by atoms with E-state index in [1.807, 2.05) is 0 Å². The molecule has 0 radical (unpaired) electrons. The highest BCUT2D eigenvalue weighted by Crippen LogP contribution is 2.21. The summed E-state index contributed by atoms with van der Waals surface area (Å²) < 4.78 is 0. The Bertz CT molecular complexity index is 102. The number of thioether (sulfide) groups is 1. The Morgan fingerprint density at radius 3 is 3.00 bits per heavy atom. The summed E-state index contributed by atoms with van der Waals surface area (Å²) in [5.74, 6) is 2.67. The molecule has 2 nitrogen and oxygen atoms in total. The highest BCUT2D eigenvalue weighted by atomic mass is 32.2. The van der Waals surface area contributed by atoms with Gasteiger partial charge in [-0.2, -0.15) is 11.8 Å². The van der Waals surface area contributed by atoms with Gasteiger partial charge in [0.05, 0.1) is 0 Å². The molecule has 0 bridgehead atoms. The third-order valence-electron chi connectivity index (χ3n) is 2.24. The Labute approximate surface area is 73.5 Å². The fourth-order valence-electron chi connectivity index (χ4n) is 1.39. The van der Waals surface area contributed by atoms with Crippen molar-refractivity contribution in [3.8, 4) is 0 Å². The summed E-state index contributed by atoms with van der Waals surface area (Å²) in [7, 11) is 2.21. The molecule has 0 spiro atoms. The average Bonchev–Trinajstić information content (AvgIpc) is 2.52. The monoisotopic (exact) mass is 174 g/mol. The molecule has 1 aliphatic rings. The van der Waals surface area contributed by atoms with Gasteiger partial charge < -0.3 is 10.6 Å². The van der Waals surface area contributed by atoms with Crippen LogP contribution in [0.4, 0.5) is 0 Å². The lowest BCUT2D eigenvalue weighted by Crippen LogP contribution is -2.33.